The summed E-state index contributed by atoms with van der Waals surface area (Å²) in [5.41, 5.74) is 5.78. The van der Waals surface area contributed by atoms with Crippen molar-refractivity contribution in [2.45, 2.75) is 5.92 Å². The van der Waals surface area contributed by atoms with E-state index in [2.05, 4.69) is 77.0 Å². The monoisotopic (exact) mass is 382 g/mol. The molecule has 0 spiro atoms. The van der Waals surface area contributed by atoms with Gasteiger partial charge >= 0.3 is 0 Å². The second-order valence-corrected chi connectivity index (χ2v) is 7.12. The van der Waals surface area contributed by atoms with Crippen LogP contribution in [0.5, 0.6) is 11.5 Å². The molecule has 144 valence electrons. The molecule has 0 aliphatic carbocycles. The highest BCUT2D eigenvalue weighted by Crippen LogP contribution is 2.43. The normalized spacial score (nSPS) is 11.4. The smallest absolute Gasteiger partial charge is 0.126 e. The first-order chi connectivity index (χ1) is 14.3. The van der Waals surface area contributed by atoms with Gasteiger partial charge in [0.25, 0.3) is 0 Å². The second kappa shape index (κ2) is 7.06. The Morgan fingerprint density at radius 3 is 1.79 bits per heavy atom. The van der Waals surface area contributed by atoms with Crippen molar-refractivity contribution >= 4 is 21.8 Å². The van der Waals surface area contributed by atoms with Gasteiger partial charge < -0.3 is 19.4 Å². The molecule has 0 fully saturated rings. The number of H-pyrrole nitrogens is 2. The van der Waals surface area contributed by atoms with Crippen LogP contribution in [-0.4, -0.2) is 24.2 Å². The number of benzene rings is 3. The fourth-order valence-corrected chi connectivity index (χ4v) is 4.23. The number of ether oxygens (including phenoxy) is 2. The topological polar surface area (TPSA) is 50.0 Å². The Hall–Kier alpha value is -3.66. The molecule has 0 unspecified atom stereocenters. The van der Waals surface area contributed by atoms with Gasteiger partial charge in [-0.1, -0.05) is 42.5 Å². The fraction of sp³-hybridized carbons (Fsp3) is 0.120. The predicted octanol–water partition coefficient (Wildman–Crippen LogP) is 5.85. The van der Waals surface area contributed by atoms with Crippen LogP contribution < -0.4 is 9.47 Å². The van der Waals surface area contributed by atoms with E-state index < -0.39 is 0 Å². The molecule has 2 heterocycles. The summed E-state index contributed by atoms with van der Waals surface area (Å²) < 4.78 is 11.2. The predicted molar refractivity (Wildman–Crippen MR) is 117 cm³/mol. The zero-order valence-corrected chi connectivity index (χ0v) is 16.4. The van der Waals surface area contributed by atoms with E-state index in [4.69, 9.17) is 9.47 Å². The van der Waals surface area contributed by atoms with E-state index in [9.17, 15) is 0 Å². The maximum absolute atomic E-state index is 5.79. The van der Waals surface area contributed by atoms with Gasteiger partial charge in [0.15, 0.2) is 0 Å². The lowest BCUT2D eigenvalue weighted by Gasteiger charge is -2.20. The van der Waals surface area contributed by atoms with Crippen molar-refractivity contribution in [3.8, 4) is 11.5 Å². The zero-order chi connectivity index (χ0) is 19.8. The molecule has 0 amide bonds. The first-order valence-corrected chi connectivity index (χ1v) is 9.64. The first kappa shape index (κ1) is 17.4. The lowest BCUT2D eigenvalue weighted by atomic mass is 9.84. The molecule has 5 aromatic rings. The van der Waals surface area contributed by atoms with Crippen LogP contribution in [0.25, 0.3) is 21.8 Å². The van der Waals surface area contributed by atoms with Crippen molar-refractivity contribution in [1.82, 2.24) is 9.97 Å². The minimum Gasteiger partial charge on any atom is -0.497 e. The quantitative estimate of drug-likeness (QED) is 0.401. The summed E-state index contributed by atoms with van der Waals surface area (Å²) in [6.07, 6.45) is 4.22. The maximum atomic E-state index is 5.79. The van der Waals surface area contributed by atoms with Gasteiger partial charge in [0.2, 0.25) is 0 Å². The van der Waals surface area contributed by atoms with Crippen molar-refractivity contribution in [2.24, 2.45) is 0 Å². The molecule has 4 nitrogen and oxygen atoms in total. The molecular weight excluding hydrogens is 360 g/mol. The second-order valence-electron chi connectivity index (χ2n) is 7.12. The van der Waals surface area contributed by atoms with Gasteiger partial charge in [0, 0.05) is 51.7 Å². The molecule has 2 N–H and O–H groups in total. The Labute approximate surface area is 169 Å². The summed E-state index contributed by atoms with van der Waals surface area (Å²) in [6.45, 7) is 0. The number of nitrogens with one attached hydrogen (secondary N) is 2. The van der Waals surface area contributed by atoms with Crippen molar-refractivity contribution < 1.29 is 9.47 Å². The number of aromatic nitrogens is 2. The van der Waals surface area contributed by atoms with Crippen LogP contribution in [0.1, 0.15) is 22.6 Å². The standard InChI is InChI=1S/C25H22N2O2/c1-28-16-11-12-19(24(13-16)29-2)25(20-14-26-22-9-5-3-7-17(20)22)21-15-27-23-10-6-4-8-18(21)23/h3-15,25-27H,1-2H3. The molecule has 0 saturated carbocycles. The van der Waals surface area contributed by atoms with Crippen LogP contribution in [0.2, 0.25) is 0 Å². The molecule has 3 aromatic carbocycles. The Balaban J connectivity index is 1.81. The van der Waals surface area contributed by atoms with Gasteiger partial charge in [0.05, 0.1) is 14.2 Å². The third-order valence-electron chi connectivity index (χ3n) is 5.62. The molecule has 0 bridgehead atoms. The highest BCUT2D eigenvalue weighted by Gasteiger charge is 2.26. The molecule has 29 heavy (non-hydrogen) atoms. The van der Waals surface area contributed by atoms with Crippen LogP contribution in [-0.2, 0) is 0 Å². The third kappa shape index (κ3) is 2.85. The van der Waals surface area contributed by atoms with Crippen LogP contribution in [0.3, 0.4) is 0 Å². The van der Waals surface area contributed by atoms with Crippen LogP contribution in [0.15, 0.2) is 79.1 Å². The van der Waals surface area contributed by atoms with Gasteiger partial charge in [-0.3, -0.25) is 0 Å². The summed E-state index contributed by atoms with van der Waals surface area (Å²) in [6, 6.07) is 22.9. The van der Waals surface area contributed by atoms with E-state index in [0.29, 0.717) is 0 Å². The van der Waals surface area contributed by atoms with Crippen LogP contribution in [0.4, 0.5) is 0 Å². The van der Waals surface area contributed by atoms with Gasteiger partial charge in [-0.15, -0.1) is 0 Å². The maximum Gasteiger partial charge on any atom is 0.126 e. The molecule has 0 saturated heterocycles. The molecule has 4 heteroatoms. The van der Waals surface area contributed by atoms with Gasteiger partial charge in [-0.2, -0.15) is 0 Å². The first-order valence-electron chi connectivity index (χ1n) is 9.64. The molecule has 2 aromatic heterocycles. The van der Waals surface area contributed by atoms with Crippen LogP contribution >= 0.6 is 0 Å². The highest BCUT2D eigenvalue weighted by molar-refractivity contribution is 5.89. The summed E-state index contributed by atoms with van der Waals surface area (Å²) >= 11 is 0. The van der Waals surface area contributed by atoms with Crippen molar-refractivity contribution in [1.29, 1.82) is 0 Å². The largest absolute Gasteiger partial charge is 0.497 e. The minimum atomic E-state index is 0.00292. The summed E-state index contributed by atoms with van der Waals surface area (Å²) in [5.74, 6) is 1.59. The van der Waals surface area contributed by atoms with E-state index in [1.54, 1.807) is 14.2 Å². The highest BCUT2D eigenvalue weighted by atomic mass is 16.5. The van der Waals surface area contributed by atoms with Crippen LogP contribution in [0, 0.1) is 0 Å². The van der Waals surface area contributed by atoms with E-state index in [-0.39, 0.29) is 5.92 Å². The van der Waals surface area contributed by atoms with E-state index >= 15 is 0 Å². The van der Waals surface area contributed by atoms with Crippen molar-refractivity contribution in [3.05, 3.63) is 95.8 Å². The molecule has 0 aliphatic rings. The van der Waals surface area contributed by atoms with E-state index in [0.717, 1.165) is 28.1 Å². The number of methoxy groups -OCH3 is 2. The van der Waals surface area contributed by atoms with E-state index in [1.165, 1.54) is 21.9 Å². The SMILES string of the molecule is COc1ccc(C(c2c[nH]c3ccccc23)c2c[nH]c3ccccc23)c(OC)c1. The number of hydrogen-bond acceptors (Lipinski definition) is 2. The average molecular weight is 382 g/mol. The summed E-state index contributed by atoms with van der Waals surface area (Å²) in [7, 11) is 3.38. The summed E-state index contributed by atoms with van der Waals surface area (Å²) in [4.78, 5) is 6.87. The molecule has 5 rings (SSSR count). The number of fused-ring (bicyclic) bond motifs is 2. The molecule has 0 aliphatic heterocycles. The third-order valence-corrected chi connectivity index (χ3v) is 5.62. The van der Waals surface area contributed by atoms with Gasteiger partial charge in [-0.05, 0) is 29.3 Å². The Morgan fingerprint density at radius 1 is 0.655 bits per heavy atom. The van der Waals surface area contributed by atoms with Gasteiger partial charge in [-0.25, -0.2) is 0 Å². The van der Waals surface area contributed by atoms with Gasteiger partial charge in [0.1, 0.15) is 11.5 Å². The molecule has 0 atom stereocenters. The number of para-hydroxylation sites is 2. The minimum absolute atomic E-state index is 0.00292. The van der Waals surface area contributed by atoms with Crippen molar-refractivity contribution in [2.75, 3.05) is 14.2 Å². The number of rotatable bonds is 5. The fourth-order valence-electron chi connectivity index (χ4n) is 4.23. The molecule has 0 radical (unpaired) electrons. The number of hydrogen-bond donors (Lipinski definition) is 2. The Morgan fingerprint density at radius 2 is 1.24 bits per heavy atom. The van der Waals surface area contributed by atoms with Crippen molar-refractivity contribution in [3.63, 3.8) is 0 Å². The zero-order valence-electron chi connectivity index (χ0n) is 16.4. The summed E-state index contributed by atoms with van der Waals surface area (Å²) in [5, 5.41) is 2.42. The van der Waals surface area contributed by atoms with E-state index in [1.807, 2.05) is 12.1 Å². The number of aromatic amines is 2. The average Bonchev–Trinajstić information content (AvgIpc) is 3.39. The lowest BCUT2D eigenvalue weighted by molar-refractivity contribution is 0.390. The Bertz CT molecular complexity index is 1220. The lowest BCUT2D eigenvalue weighted by Crippen LogP contribution is -2.05. The molecular formula is C25H22N2O2. The Kier molecular flexibility index (Phi) is 4.24.